The number of rotatable bonds is 17. The maximum atomic E-state index is 9.43. The zero-order valence-electron chi connectivity index (χ0n) is 17.7. The Bertz CT molecular complexity index is 288. The second kappa shape index (κ2) is 21.9. The van der Waals surface area contributed by atoms with Crippen molar-refractivity contribution in [2.45, 2.75) is 65.3 Å². The van der Waals surface area contributed by atoms with Gasteiger partial charge in [0.25, 0.3) is 0 Å². The van der Waals surface area contributed by atoms with E-state index in [0.29, 0.717) is 52.3 Å². The lowest BCUT2D eigenvalue weighted by Gasteiger charge is -2.17. The third-order valence-corrected chi connectivity index (χ3v) is 3.23. The largest absolute Gasteiger partial charge is 0.379 e. The number of nitrogens with two attached hydrogens (primary N) is 2. The third kappa shape index (κ3) is 25.6. The van der Waals surface area contributed by atoms with Gasteiger partial charge in [0.1, 0.15) is 6.23 Å². The van der Waals surface area contributed by atoms with Gasteiger partial charge < -0.3 is 41.2 Å². The minimum Gasteiger partial charge on any atom is -0.379 e. The van der Waals surface area contributed by atoms with Crippen molar-refractivity contribution in [1.29, 1.82) is 0 Å². The van der Waals surface area contributed by atoms with Crippen molar-refractivity contribution in [2.24, 2.45) is 11.5 Å². The maximum Gasteiger partial charge on any atom is 0.155 e. The van der Waals surface area contributed by atoms with Gasteiger partial charge in [-0.2, -0.15) is 0 Å². The van der Waals surface area contributed by atoms with Gasteiger partial charge in [-0.1, -0.05) is 0 Å². The van der Waals surface area contributed by atoms with Crippen LogP contribution in [0.3, 0.4) is 0 Å². The monoisotopic (exact) mass is 396 g/mol. The van der Waals surface area contributed by atoms with Crippen molar-refractivity contribution in [2.75, 3.05) is 52.5 Å². The Kier molecular flexibility index (Phi) is 23.4. The lowest BCUT2D eigenvalue weighted by Crippen LogP contribution is -2.34. The number of nitrogens with one attached hydrogen (secondary N) is 2. The summed E-state index contributed by atoms with van der Waals surface area (Å²) < 4.78 is 15.8. The van der Waals surface area contributed by atoms with Gasteiger partial charge in [0.05, 0.1) is 25.4 Å². The van der Waals surface area contributed by atoms with Crippen LogP contribution in [0.15, 0.2) is 0 Å². The molecular weight excluding hydrogens is 352 g/mol. The zero-order valence-corrected chi connectivity index (χ0v) is 17.7. The molecule has 166 valence electrons. The van der Waals surface area contributed by atoms with E-state index in [-0.39, 0.29) is 12.2 Å². The molecule has 0 saturated heterocycles. The fraction of sp³-hybridized carbons (Fsp3) is 1.00. The molecule has 0 aromatic carbocycles. The molecular formula is C18H44N4O5. The van der Waals surface area contributed by atoms with Crippen LogP contribution in [0.4, 0.5) is 0 Å². The number of aliphatic hydroxyl groups is 2. The normalized spacial score (nSPS) is 14.6. The van der Waals surface area contributed by atoms with Crippen LogP contribution in [0, 0.1) is 0 Å². The van der Waals surface area contributed by atoms with Crippen LogP contribution in [0.1, 0.15) is 40.5 Å². The molecule has 9 heteroatoms. The van der Waals surface area contributed by atoms with Crippen molar-refractivity contribution in [3.05, 3.63) is 0 Å². The molecule has 0 fully saturated rings. The highest BCUT2D eigenvalue weighted by molar-refractivity contribution is 4.55. The molecule has 0 amide bonds. The topological polar surface area (TPSA) is 144 Å². The quantitative estimate of drug-likeness (QED) is 0.140. The summed E-state index contributed by atoms with van der Waals surface area (Å²) in [6, 6.07) is 0. The van der Waals surface area contributed by atoms with Gasteiger partial charge in [-0.25, -0.2) is 0 Å². The van der Waals surface area contributed by atoms with E-state index in [2.05, 4.69) is 10.6 Å². The van der Waals surface area contributed by atoms with Crippen molar-refractivity contribution >= 4 is 0 Å². The van der Waals surface area contributed by atoms with Crippen LogP contribution < -0.4 is 22.1 Å². The molecule has 0 aliphatic heterocycles. The molecule has 0 aromatic heterocycles. The number of hydrogen-bond donors (Lipinski definition) is 6. The van der Waals surface area contributed by atoms with Crippen LogP contribution in [-0.4, -0.2) is 87.5 Å². The van der Waals surface area contributed by atoms with E-state index in [0.717, 1.165) is 13.1 Å². The van der Waals surface area contributed by atoms with E-state index >= 15 is 0 Å². The van der Waals surface area contributed by atoms with Gasteiger partial charge >= 0.3 is 0 Å². The van der Waals surface area contributed by atoms with Gasteiger partial charge in [-0.05, 0) is 34.2 Å². The molecule has 9 nitrogen and oxygen atoms in total. The first-order chi connectivity index (χ1) is 12.9. The lowest BCUT2D eigenvalue weighted by atomic mass is 10.3. The van der Waals surface area contributed by atoms with Gasteiger partial charge in [0.15, 0.2) is 6.29 Å². The Morgan fingerprint density at radius 3 is 2.11 bits per heavy atom. The lowest BCUT2D eigenvalue weighted by molar-refractivity contribution is -0.0976. The SMILES string of the molecule is CC(C)OCC(C)OCCC(O)NCCN.CCOC(O)CCNCCN. The summed E-state index contributed by atoms with van der Waals surface area (Å²) in [5, 5.41) is 24.4. The first-order valence-corrected chi connectivity index (χ1v) is 9.92. The third-order valence-electron chi connectivity index (χ3n) is 3.23. The highest BCUT2D eigenvalue weighted by Crippen LogP contribution is 1.98. The molecule has 0 radical (unpaired) electrons. The first-order valence-electron chi connectivity index (χ1n) is 9.92. The first kappa shape index (κ1) is 28.8. The molecule has 0 aliphatic rings. The summed E-state index contributed by atoms with van der Waals surface area (Å²) in [4.78, 5) is 0. The van der Waals surface area contributed by atoms with Gasteiger partial charge in [-0.15, -0.1) is 0 Å². The predicted octanol–water partition coefficient (Wildman–Crippen LogP) is -0.647. The number of aliphatic hydroxyl groups excluding tert-OH is 2. The van der Waals surface area contributed by atoms with Crippen molar-refractivity contribution in [1.82, 2.24) is 10.6 Å². The fourth-order valence-electron chi connectivity index (χ4n) is 1.84. The Balaban J connectivity index is 0. The van der Waals surface area contributed by atoms with Gasteiger partial charge in [0.2, 0.25) is 0 Å². The zero-order chi connectivity index (χ0) is 20.9. The molecule has 0 spiro atoms. The summed E-state index contributed by atoms with van der Waals surface area (Å²) in [5.41, 5.74) is 10.5. The van der Waals surface area contributed by atoms with Crippen molar-refractivity contribution in [3.63, 3.8) is 0 Å². The van der Waals surface area contributed by atoms with E-state index < -0.39 is 12.5 Å². The van der Waals surface area contributed by atoms with E-state index in [9.17, 15) is 5.11 Å². The number of ether oxygens (including phenoxy) is 3. The summed E-state index contributed by atoms with van der Waals surface area (Å²) >= 11 is 0. The molecule has 0 rings (SSSR count). The Morgan fingerprint density at radius 2 is 1.56 bits per heavy atom. The van der Waals surface area contributed by atoms with Crippen molar-refractivity contribution in [3.8, 4) is 0 Å². The maximum absolute atomic E-state index is 9.43. The fourth-order valence-corrected chi connectivity index (χ4v) is 1.84. The van der Waals surface area contributed by atoms with Crippen LogP contribution in [0.2, 0.25) is 0 Å². The molecule has 0 aliphatic carbocycles. The van der Waals surface area contributed by atoms with Crippen LogP contribution in [0.25, 0.3) is 0 Å². The summed E-state index contributed by atoms with van der Waals surface area (Å²) in [6.07, 6.45) is 0.291. The minimum absolute atomic E-state index is 0.0594. The molecule has 0 heterocycles. The smallest absolute Gasteiger partial charge is 0.155 e. The summed E-state index contributed by atoms with van der Waals surface area (Å²) in [6.45, 7) is 12.8. The Labute approximate surface area is 165 Å². The van der Waals surface area contributed by atoms with E-state index in [1.54, 1.807) is 0 Å². The average Bonchev–Trinajstić information content (AvgIpc) is 2.62. The Hall–Kier alpha value is -0.360. The summed E-state index contributed by atoms with van der Waals surface area (Å²) in [5.74, 6) is 0. The van der Waals surface area contributed by atoms with Crippen LogP contribution in [0.5, 0.6) is 0 Å². The average molecular weight is 397 g/mol. The predicted molar refractivity (Wildman–Crippen MR) is 108 cm³/mol. The highest BCUT2D eigenvalue weighted by atomic mass is 16.6. The molecule has 3 atom stereocenters. The standard InChI is InChI=1S/C11H26N2O3.C7H18N2O2/c1-9(2)16-8-10(3)15-7-4-11(14)13-6-5-12;1-2-11-7(10)3-5-9-6-4-8/h9-11,13-14H,4-8,12H2,1-3H3;7,9-10H,2-6,8H2,1H3. The number of hydrogen-bond acceptors (Lipinski definition) is 9. The van der Waals surface area contributed by atoms with Crippen LogP contribution >= 0.6 is 0 Å². The Morgan fingerprint density at radius 1 is 0.889 bits per heavy atom. The second-order valence-corrected chi connectivity index (χ2v) is 6.35. The molecule has 0 aromatic rings. The molecule has 0 bridgehead atoms. The second-order valence-electron chi connectivity index (χ2n) is 6.35. The highest BCUT2D eigenvalue weighted by Gasteiger charge is 2.06. The van der Waals surface area contributed by atoms with E-state index in [1.165, 1.54) is 0 Å². The summed E-state index contributed by atoms with van der Waals surface area (Å²) in [7, 11) is 0. The minimum atomic E-state index is -0.634. The molecule has 27 heavy (non-hydrogen) atoms. The molecule has 0 saturated carbocycles. The van der Waals surface area contributed by atoms with Crippen molar-refractivity contribution < 1.29 is 24.4 Å². The molecule has 3 unspecified atom stereocenters. The van der Waals surface area contributed by atoms with Gasteiger partial charge in [0, 0.05) is 45.6 Å². The van der Waals surface area contributed by atoms with Crippen LogP contribution in [-0.2, 0) is 14.2 Å². The van der Waals surface area contributed by atoms with E-state index in [4.69, 9.17) is 30.8 Å². The van der Waals surface area contributed by atoms with Gasteiger partial charge in [-0.3, -0.25) is 5.32 Å². The molecule has 8 N–H and O–H groups in total. The van der Waals surface area contributed by atoms with E-state index in [1.807, 2.05) is 27.7 Å².